The van der Waals surface area contributed by atoms with Crippen molar-refractivity contribution in [1.82, 2.24) is 4.90 Å². The second-order valence-corrected chi connectivity index (χ2v) is 3.86. The SMILES string of the molecule is C/C=C\C(=O)OCCN1CCCCCC1=O. The van der Waals surface area contributed by atoms with E-state index in [0.29, 0.717) is 13.0 Å². The van der Waals surface area contributed by atoms with Gasteiger partial charge in [-0.15, -0.1) is 0 Å². The standard InChI is InChI=1S/C12H19NO3/c1-2-6-12(15)16-10-9-13-8-5-3-4-7-11(13)14/h2,6H,3-5,7-10H2,1H3/b6-2-. The first-order valence-electron chi connectivity index (χ1n) is 5.81. The Morgan fingerprint density at radius 1 is 1.44 bits per heavy atom. The Morgan fingerprint density at radius 2 is 2.25 bits per heavy atom. The molecule has 1 amide bonds. The van der Waals surface area contributed by atoms with Crippen LogP contribution in [0.1, 0.15) is 32.6 Å². The van der Waals surface area contributed by atoms with Crippen LogP contribution in [0.15, 0.2) is 12.2 Å². The molecule has 0 aliphatic carbocycles. The maximum absolute atomic E-state index is 11.6. The van der Waals surface area contributed by atoms with E-state index in [9.17, 15) is 9.59 Å². The highest BCUT2D eigenvalue weighted by Crippen LogP contribution is 2.10. The van der Waals surface area contributed by atoms with Crippen molar-refractivity contribution in [2.45, 2.75) is 32.6 Å². The topological polar surface area (TPSA) is 46.6 Å². The molecule has 16 heavy (non-hydrogen) atoms. The molecule has 0 spiro atoms. The average Bonchev–Trinajstić information content (AvgIpc) is 2.45. The number of rotatable bonds is 4. The lowest BCUT2D eigenvalue weighted by Crippen LogP contribution is -2.33. The lowest BCUT2D eigenvalue weighted by Gasteiger charge is -2.19. The summed E-state index contributed by atoms with van der Waals surface area (Å²) >= 11 is 0. The Balaban J connectivity index is 2.25. The molecule has 0 aromatic rings. The van der Waals surface area contributed by atoms with Gasteiger partial charge in [0.1, 0.15) is 6.61 Å². The molecule has 90 valence electrons. The first kappa shape index (κ1) is 12.7. The van der Waals surface area contributed by atoms with Crippen molar-refractivity contribution in [2.75, 3.05) is 19.7 Å². The molecule has 1 fully saturated rings. The summed E-state index contributed by atoms with van der Waals surface area (Å²) in [6.07, 6.45) is 6.79. The predicted molar refractivity (Wildman–Crippen MR) is 60.8 cm³/mol. The molecule has 0 N–H and O–H groups in total. The van der Waals surface area contributed by atoms with Gasteiger partial charge in [-0.25, -0.2) is 4.79 Å². The summed E-state index contributed by atoms with van der Waals surface area (Å²) in [5, 5.41) is 0. The van der Waals surface area contributed by atoms with Crippen LogP contribution >= 0.6 is 0 Å². The van der Waals surface area contributed by atoms with Crippen molar-refractivity contribution >= 4 is 11.9 Å². The van der Waals surface area contributed by atoms with Crippen LogP contribution in [0.25, 0.3) is 0 Å². The molecule has 4 nitrogen and oxygen atoms in total. The largest absolute Gasteiger partial charge is 0.461 e. The predicted octanol–water partition coefficient (Wildman–Crippen LogP) is 1.51. The summed E-state index contributed by atoms with van der Waals surface area (Å²) in [6, 6.07) is 0. The zero-order valence-corrected chi connectivity index (χ0v) is 9.78. The molecule has 0 saturated carbocycles. The fourth-order valence-corrected chi connectivity index (χ4v) is 1.72. The van der Waals surface area contributed by atoms with Crippen molar-refractivity contribution < 1.29 is 14.3 Å². The van der Waals surface area contributed by atoms with E-state index in [1.54, 1.807) is 17.9 Å². The van der Waals surface area contributed by atoms with E-state index in [2.05, 4.69) is 0 Å². The van der Waals surface area contributed by atoms with Crippen LogP contribution < -0.4 is 0 Å². The number of carbonyl (C=O) groups is 2. The minimum atomic E-state index is -0.343. The molecule has 1 aliphatic rings. The van der Waals surface area contributed by atoms with E-state index < -0.39 is 0 Å². The van der Waals surface area contributed by atoms with Gasteiger partial charge in [-0.2, -0.15) is 0 Å². The van der Waals surface area contributed by atoms with Gasteiger partial charge in [-0.1, -0.05) is 12.5 Å². The van der Waals surface area contributed by atoms with Crippen LogP contribution in [0.5, 0.6) is 0 Å². The van der Waals surface area contributed by atoms with Crippen molar-refractivity contribution in [3.63, 3.8) is 0 Å². The highest BCUT2D eigenvalue weighted by molar-refractivity contribution is 5.81. The van der Waals surface area contributed by atoms with Gasteiger partial charge in [-0.3, -0.25) is 4.79 Å². The molecule has 0 atom stereocenters. The van der Waals surface area contributed by atoms with Gasteiger partial charge in [0.2, 0.25) is 5.91 Å². The van der Waals surface area contributed by atoms with Gasteiger partial charge < -0.3 is 9.64 Å². The number of nitrogens with zero attached hydrogens (tertiary/aromatic N) is 1. The normalized spacial score (nSPS) is 17.6. The van der Waals surface area contributed by atoms with Crippen molar-refractivity contribution in [3.8, 4) is 0 Å². The van der Waals surface area contributed by atoms with Gasteiger partial charge in [-0.05, 0) is 19.8 Å². The van der Waals surface area contributed by atoms with Crippen molar-refractivity contribution in [2.24, 2.45) is 0 Å². The molecular formula is C12H19NO3. The van der Waals surface area contributed by atoms with E-state index in [4.69, 9.17) is 4.74 Å². The second kappa shape index (κ2) is 7.04. The molecule has 0 aromatic carbocycles. The van der Waals surface area contributed by atoms with Crippen molar-refractivity contribution in [1.29, 1.82) is 0 Å². The van der Waals surface area contributed by atoms with Crippen LogP contribution in [-0.2, 0) is 14.3 Å². The Bertz CT molecular complexity index is 273. The monoisotopic (exact) mass is 225 g/mol. The summed E-state index contributed by atoms with van der Waals surface area (Å²) in [7, 11) is 0. The first-order valence-corrected chi connectivity index (χ1v) is 5.81. The lowest BCUT2D eigenvalue weighted by atomic mass is 10.2. The molecule has 0 radical (unpaired) electrons. The number of esters is 1. The molecule has 1 saturated heterocycles. The van der Waals surface area contributed by atoms with Gasteiger partial charge in [0, 0.05) is 19.0 Å². The van der Waals surface area contributed by atoms with Crippen LogP contribution in [0, 0.1) is 0 Å². The number of amides is 1. The Morgan fingerprint density at radius 3 is 3.00 bits per heavy atom. The summed E-state index contributed by atoms with van der Waals surface area (Å²) in [5.74, 6) is -0.163. The molecule has 1 rings (SSSR count). The highest BCUT2D eigenvalue weighted by atomic mass is 16.5. The molecule has 1 heterocycles. The third-order valence-corrected chi connectivity index (χ3v) is 2.58. The molecule has 0 aromatic heterocycles. The van der Waals surface area contributed by atoms with Crippen LogP contribution in [0.3, 0.4) is 0 Å². The summed E-state index contributed by atoms with van der Waals surface area (Å²) in [4.78, 5) is 24.4. The minimum Gasteiger partial charge on any atom is -0.461 e. The summed E-state index contributed by atoms with van der Waals surface area (Å²) in [5.41, 5.74) is 0. The highest BCUT2D eigenvalue weighted by Gasteiger charge is 2.16. The van der Waals surface area contributed by atoms with Crippen molar-refractivity contribution in [3.05, 3.63) is 12.2 Å². The Labute approximate surface area is 96.3 Å². The number of allylic oxidation sites excluding steroid dienone is 1. The fourth-order valence-electron chi connectivity index (χ4n) is 1.72. The van der Waals surface area contributed by atoms with Gasteiger partial charge >= 0.3 is 5.97 Å². The van der Waals surface area contributed by atoms with Gasteiger partial charge in [0.05, 0.1) is 6.54 Å². The quantitative estimate of drug-likeness (QED) is 0.538. The number of hydrogen-bond acceptors (Lipinski definition) is 3. The smallest absolute Gasteiger partial charge is 0.330 e. The summed E-state index contributed by atoms with van der Waals surface area (Å²) < 4.78 is 4.95. The Hall–Kier alpha value is -1.32. The lowest BCUT2D eigenvalue weighted by molar-refractivity contribution is -0.140. The van der Waals surface area contributed by atoms with Gasteiger partial charge in [0.15, 0.2) is 0 Å². The van der Waals surface area contributed by atoms with Crippen LogP contribution in [-0.4, -0.2) is 36.5 Å². The maximum Gasteiger partial charge on any atom is 0.330 e. The first-order chi connectivity index (χ1) is 7.74. The molecular weight excluding hydrogens is 206 g/mol. The second-order valence-electron chi connectivity index (χ2n) is 3.86. The Kier molecular flexibility index (Phi) is 5.61. The minimum absolute atomic E-state index is 0.180. The molecule has 0 bridgehead atoms. The van der Waals surface area contributed by atoms with E-state index >= 15 is 0 Å². The number of ether oxygens (including phenoxy) is 1. The molecule has 4 heteroatoms. The zero-order chi connectivity index (χ0) is 11.8. The average molecular weight is 225 g/mol. The van der Waals surface area contributed by atoms with E-state index in [1.165, 1.54) is 6.08 Å². The maximum atomic E-state index is 11.6. The molecule has 1 aliphatic heterocycles. The third kappa shape index (κ3) is 4.47. The third-order valence-electron chi connectivity index (χ3n) is 2.58. The van der Waals surface area contributed by atoms with Gasteiger partial charge in [0.25, 0.3) is 0 Å². The van der Waals surface area contributed by atoms with E-state index in [-0.39, 0.29) is 18.5 Å². The number of hydrogen-bond donors (Lipinski definition) is 0. The molecule has 0 unspecified atom stereocenters. The van der Waals surface area contributed by atoms with E-state index in [0.717, 1.165) is 25.8 Å². The van der Waals surface area contributed by atoms with E-state index in [1.807, 2.05) is 0 Å². The summed E-state index contributed by atoms with van der Waals surface area (Å²) in [6.45, 7) is 3.36. The number of likely N-dealkylation sites (tertiary alicyclic amines) is 1. The van der Waals surface area contributed by atoms with Crippen LogP contribution in [0.2, 0.25) is 0 Å². The van der Waals surface area contributed by atoms with Crippen LogP contribution in [0.4, 0.5) is 0 Å². The number of carbonyl (C=O) groups excluding carboxylic acids is 2. The fraction of sp³-hybridized carbons (Fsp3) is 0.667. The zero-order valence-electron chi connectivity index (χ0n) is 9.78.